The monoisotopic (exact) mass is 451 g/mol. The lowest BCUT2D eigenvalue weighted by atomic mass is 9.95. The lowest BCUT2D eigenvalue weighted by molar-refractivity contribution is -0.660. The summed E-state index contributed by atoms with van der Waals surface area (Å²) in [5, 5.41) is 1.27. The molecule has 35 heavy (non-hydrogen) atoms. The van der Waals surface area contributed by atoms with Crippen molar-refractivity contribution in [3.05, 3.63) is 133 Å². The molecule has 2 aromatic heterocycles. The van der Waals surface area contributed by atoms with E-state index < -0.39 is 0 Å². The van der Waals surface area contributed by atoms with Gasteiger partial charge in [-0.25, -0.2) is 0 Å². The van der Waals surface area contributed by atoms with Gasteiger partial charge in [-0.05, 0) is 35.7 Å². The molecule has 2 nitrogen and oxygen atoms in total. The molecule has 0 spiro atoms. The highest BCUT2D eigenvalue weighted by atomic mass is 15.0. The van der Waals surface area contributed by atoms with Crippen molar-refractivity contribution >= 4 is 10.9 Å². The van der Waals surface area contributed by atoms with Crippen LogP contribution >= 0.6 is 0 Å². The molecule has 0 fully saturated rings. The Morgan fingerprint density at radius 1 is 0.571 bits per heavy atom. The first-order valence-electron chi connectivity index (χ1n) is 12.0. The summed E-state index contributed by atoms with van der Waals surface area (Å²) in [5.74, 6) is 0. The van der Waals surface area contributed by atoms with E-state index in [0.29, 0.717) is 0 Å². The van der Waals surface area contributed by atoms with Gasteiger partial charge in [0.25, 0.3) is 0 Å². The molecule has 0 bridgehead atoms. The average Bonchev–Trinajstić information content (AvgIpc) is 3.21. The fraction of sp³-hybridized carbons (Fsp3) is 0.0606. The second kappa shape index (κ2) is 8.73. The van der Waals surface area contributed by atoms with E-state index in [1.807, 2.05) is 0 Å². The third-order valence-electron chi connectivity index (χ3n) is 6.85. The zero-order chi connectivity index (χ0) is 23.8. The van der Waals surface area contributed by atoms with Crippen molar-refractivity contribution in [3.8, 4) is 39.3 Å². The molecule has 0 saturated heterocycles. The van der Waals surface area contributed by atoms with Crippen molar-refractivity contribution in [2.45, 2.75) is 6.92 Å². The lowest BCUT2D eigenvalue weighted by Crippen LogP contribution is -2.31. The number of fused-ring (bicyclic) bond motifs is 1. The molecule has 0 unspecified atom stereocenters. The Hall–Kier alpha value is -4.43. The van der Waals surface area contributed by atoms with Crippen LogP contribution in [0.3, 0.4) is 0 Å². The van der Waals surface area contributed by atoms with Crippen LogP contribution in [0, 0.1) is 6.92 Å². The Labute approximate surface area is 206 Å². The molecule has 4 aromatic carbocycles. The molecule has 2 heteroatoms. The largest absolute Gasteiger partial charge is 0.303 e. The van der Waals surface area contributed by atoms with Gasteiger partial charge in [-0.1, -0.05) is 97.1 Å². The summed E-state index contributed by atoms with van der Waals surface area (Å²) in [5.41, 5.74) is 10.9. The zero-order valence-electron chi connectivity index (χ0n) is 20.0. The first-order valence-corrected chi connectivity index (χ1v) is 12.0. The number of rotatable bonds is 4. The van der Waals surface area contributed by atoms with E-state index in [0.717, 1.165) is 0 Å². The first-order chi connectivity index (χ1) is 17.2. The molecule has 0 atom stereocenters. The van der Waals surface area contributed by atoms with Gasteiger partial charge >= 0.3 is 0 Å². The Morgan fingerprint density at radius 3 is 1.77 bits per heavy atom. The predicted octanol–water partition coefficient (Wildman–Crippen LogP) is 7.76. The van der Waals surface area contributed by atoms with Gasteiger partial charge in [-0.15, -0.1) is 0 Å². The third-order valence-corrected chi connectivity index (χ3v) is 6.85. The normalized spacial score (nSPS) is 11.1. The topological polar surface area (TPSA) is 8.81 Å². The maximum Gasteiger partial charge on any atom is 0.229 e. The summed E-state index contributed by atoms with van der Waals surface area (Å²) >= 11 is 0. The van der Waals surface area contributed by atoms with Gasteiger partial charge in [0.05, 0.1) is 11.2 Å². The summed E-state index contributed by atoms with van der Waals surface area (Å²) in [6.07, 6.45) is 2.12. The molecule has 0 radical (unpaired) electrons. The van der Waals surface area contributed by atoms with Gasteiger partial charge in [0.15, 0.2) is 6.20 Å². The van der Waals surface area contributed by atoms with Gasteiger partial charge in [0.1, 0.15) is 12.7 Å². The Morgan fingerprint density at radius 2 is 1.14 bits per heavy atom. The molecule has 6 rings (SSSR count). The number of hydrogen-bond donors (Lipinski definition) is 0. The third kappa shape index (κ3) is 3.55. The van der Waals surface area contributed by atoms with Crippen LogP contribution in [0.15, 0.2) is 128 Å². The molecule has 0 N–H and O–H groups in total. The summed E-state index contributed by atoms with van der Waals surface area (Å²) in [4.78, 5) is 0. The summed E-state index contributed by atoms with van der Waals surface area (Å²) in [6, 6.07) is 43.3. The standard InChI is InChI=1S/C33H27N2/c1-24-27-18-9-10-21-30(27)35(32(24)31-22-11-12-23-34(31)2)33-28(25-14-5-3-6-15-25)19-13-20-29(33)26-16-7-4-8-17-26/h3-23H,1-2H3/q+1. The van der Waals surface area contributed by atoms with Crippen LogP contribution in [-0.4, -0.2) is 4.57 Å². The maximum absolute atomic E-state index is 2.48. The SMILES string of the molecule is Cc1c(-c2cccc[n+]2C)n(-c2c(-c3ccccc3)cccc2-c2ccccc2)c2ccccc12. The Balaban J connectivity index is 1.81. The quantitative estimate of drug-likeness (QED) is 0.242. The van der Waals surface area contributed by atoms with Crippen molar-refractivity contribution in [3.63, 3.8) is 0 Å². The molecule has 0 aliphatic heterocycles. The average molecular weight is 452 g/mol. The molecule has 2 heterocycles. The van der Waals surface area contributed by atoms with Crippen molar-refractivity contribution in [2.75, 3.05) is 0 Å². The van der Waals surface area contributed by atoms with Crippen LogP contribution in [0.5, 0.6) is 0 Å². The van der Waals surface area contributed by atoms with E-state index >= 15 is 0 Å². The first kappa shape index (κ1) is 21.1. The van der Waals surface area contributed by atoms with Crippen LogP contribution < -0.4 is 4.57 Å². The van der Waals surface area contributed by atoms with Crippen LogP contribution in [0.25, 0.3) is 50.2 Å². The second-order valence-corrected chi connectivity index (χ2v) is 8.96. The highest BCUT2D eigenvalue weighted by Gasteiger charge is 2.25. The molecule has 0 saturated carbocycles. The maximum atomic E-state index is 2.48. The van der Waals surface area contributed by atoms with Crippen LogP contribution in [-0.2, 0) is 7.05 Å². The van der Waals surface area contributed by atoms with Crippen LogP contribution in [0.2, 0.25) is 0 Å². The van der Waals surface area contributed by atoms with E-state index in [1.54, 1.807) is 0 Å². The van der Waals surface area contributed by atoms with E-state index in [1.165, 1.54) is 55.8 Å². The molecule has 0 aliphatic carbocycles. The highest BCUT2D eigenvalue weighted by molar-refractivity contribution is 5.97. The number of pyridine rings is 1. The van der Waals surface area contributed by atoms with E-state index in [9.17, 15) is 0 Å². The number of benzene rings is 4. The minimum Gasteiger partial charge on any atom is -0.303 e. The fourth-order valence-corrected chi connectivity index (χ4v) is 5.20. The minimum absolute atomic E-state index is 1.18. The number of hydrogen-bond acceptors (Lipinski definition) is 0. The van der Waals surface area contributed by atoms with Crippen molar-refractivity contribution < 1.29 is 4.57 Å². The predicted molar refractivity (Wildman–Crippen MR) is 145 cm³/mol. The summed E-state index contributed by atoms with van der Waals surface area (Å²) in [7, 11) is 2.12. The van der Waals surface area contributed by atoms with Crippen LogP contribution in [0.1, 0.15) is 5.56 Å². The lowest BCUT2D eigenvalue weighted by Gasteiger charge is -2.20. The molecule has 6 aromatic rings. The number of aryl methyl sites for hydroxylation is 2. The van der Waals surface area contributed by atoms with Gasteiger partial charge < -0.3 is 4.57 Å². The van der Waals surface area contributed by atoms with Crippen molar-refractivity contribution in [1.82, 2.24) is 4.57 Å². The minimum atomic E-state index is 1.18. The summed E-state index contributed by atoms with van der Waals surface area (Å²) < 4.78 is 4.69. The Kier molecular flexibility index (Phi) is 5.27. The zero-order valence-corrected chi connectivity index (χ0v) is 20.0. The van der Waals surface area contributed by atoms with Gasteiger partial charge in [0.2, 0.25) is 5.69 Å². The van der Waals surface area contributed by atoms with Crippen molar-refractivity contribution in [2.24, 2.45) is 7.05 Å². The van der Waals surface area contributed by atoms with Gasteiger partial charge in [0, 0.05) is 28.6 Å². The molecule has 0 aliphatic rings. The van der Waals surface area contributed by atoms with E-state index in [4.69, 9.17) is 0 Å². The number of para-hydroxylation sites is 2. The number of nitrogens with zero attached hydrogens (tertiary/aromatic N) is 2. The highest BCUT2D eigenvalue weighted by Crippen LogP contribution is 2.42. The molecular formula is C33H27N2+. The van der Waals surface area contributed by atoms with Gasteiger partial charge in [-0.3, -0.25) is 0 Å². The summed E-state index contributed by atoms with van der Waals surface area (Å²) in [6.45, 7) is 2.24. The smallest absolute Gasteiger partial charge is 0.229 e. The van der Waals surface area contributed by atoms with Crippen LogP contribution in [0.4, 0.5) is 0 Å². The van der Waals surface area contributed by atoms with E-state index in [2.05, 4.69) is 151 Å². The van der Waals surface area contributed by atoms with Crippen molar-refractivity contribution in [1.29, 1.82) is 0 Å². The van der Waals surface area contributed by atoms with E-state index in [-0.39, 0.29) is 0 Å². The number of aromatic nitrogens is 2. The fourth-order valence-electron chi connectivity index (χ4n) is 5.20. The van der Waals surface area contributed by atoms with Gasteiger partial charge in [-0.2, -0.15) is 4.57 Å². The molecule has 168 valence electrons. The molecule has 0 amide bonds. The Bertz CT molecular complexity index is 1590. The molecular weight excluding hydrogens is 424 g/mol. The second-order valence-electron chi connectivity index (χ2n) is 8.96.